The minimum absolute atomic E-state index is 0.201. The number of hydrogen-bond donors (Lipinski definition) is 1. The van der Waals surface area contributed by atoms with E-state index in [1.54, 1.807) is 23.1 Å². The van der Waals surface area contributed by atoms with Crippen LogP contribution in [0.1, 0.15) is 16.1 Å². The monoisotopic (exact) mass is 317 g/mol. The van der Waals surface area contributed by atoms with Crippen molar-refractivity contribution in [3.8, 4) is 5.69 Å². The number of hydrogen-bond acceptors (Lipinski definition) is 3. The van der Waals surface area contributed by atoms with E-state index in [1.807, 2.05) is 59.3 Å². The molecule has 118 valence electrons. The van der Waals surface area contributed by atoms with Gasteiger partial charge in [-0.1, -0.05) is 18.2 Å². The fourth-order valence-electron chi connectivity index (χ4n) is 2.50. The van der Waals surface area contributed by atoms with Gasteiger partial charge in [-0.3, -0.25) is 4.79 Å². The fraction of sp³-hybridized carbons (Fsp3) is 0.0556. The van der Waals surface area contributed by atoms with Crippen molar-refractivity contribution in [2.75, 3.05) is 0 Å². The number of benzene rings is 1. The molecule has 6 nitrogen and oxygen atoms in total. The molecular formula is C18H15N5O. The Morgan fingerprint density at radius 3 is 2.79 bits per heavy atom. The van der Waals surface area contributed by atoms with E-state index in [4.69, 9.17) is 0 Å². The van der Waals surface area contributed by atoms with E-state index in [0.29, 0.717) is 12.2 Å². The zero-order valence-electron chi connectivity index (χ0n) is 12.8. The summed E-state index contributed by atoms with van der Waals surface area (Å²) >= 11 is 0. The van der Waals surface area contributed by atoms with E-state index in [1.165, 1.54) is 0 Å². The first-order valence-electron chi connectivity index (χ1n) is 7.60. The lowest BCUT2D eigenvalue weighted by atomic mass is 10.2. The van der Waals surface area contributed by atoms with Gasteiger partial charge in [0, 0.05) is 31.3 Å². The maximum absolute atomic E-state index is 12.3. The molecule has 0 aliphatic carbocycles. The highest BCUT2D eigenvalue weighted by Crippen LogP contribution is 2.08. The minimum atomic E-state index is -0.201. The van der Waals surface area contributed by atoms with Crippen LogP contribution in [0.15, 0.2) is 73.3 Å². The van der Waals surface area contributed by atoms with Crippen LogP contribution in [0.5, 0.6) is 0 Å². The molecule has 4 rings (SSSR count). The van der Waals surface area contributed by atoms with E-state index in [9.17, 15) is 4.79 Å². The maximum atomic E-state index is 12.3. The number of fused-ring (bicyclic) bond motifs is 1. The van der Waals surface area contributed by atoms with Gasteiger partial charge in [-0.15, -0.1) is 0 Å². The van der Waals surface area contributed by atoms with Crippen molar-refractivity contribution < 1.29 is 4.79 Å². The molecule has 4 aromatic rings. The van der Waals surface area contributed by atoms with Gasteiger partial charge in [0.15, 0.2) is 5.69 Å². The molecule has 0 radical (unpaired) electrons. The summed E-state index contributed by atoms with van der Waals surface area (Å²) in [5.41, 5.74) is 3.15. The van der Waals surface area contributed by atoms with E-state index < -0.39 is 0 Å². The molecule has 3 aromatic heterocycles. The molecule has 0 bridgehead atoms. The van der Waals surface area contributed by atoms with Gasteiger partial charge in [-0.05, 0) is 35.9 Å². The van der Waals surface area contributed by atoms with Crippen LogP contribution in [0.2, 0.25) is 0 Å². The number of carbonyl (C=O) groups is 1. The van der Waals surface area contributed by atoms with Crippen molar-refractivity contribution >= 4 is 11.6 Å². The Kier molecular flexibility index (Phi) is 3.55. The first-order valence-corrected chi connectivity index (χ1v) is 7.60. The molecule has 0 unspecified atom stereocenters. The molecule has 0 atom stereocenters. The van der Waals surface area contributed by atoms with Crippen LogP contribution in [0.25, 0.3) is 11.3 Å². The Morgan fingerprint density at radius 2 is 1.92 bits per heavy atom. The summed E-state index contributed by atoms with van der Waals surface area (Å²) in [4.78, 5) is 16.5. The molecule has 6 heteroatoms. The molecule has 0 saturated heterocycles. The fourth-order valence-corrected chi connectivity index (χ4v) is 2.50. The summed E-state index contributed by atoms with van der Waals surface area (Å²) in [6, 6.07) is 15.3. The van der Waals surface area contributed by atoms with Crippen molar-refractivity contribution in [3.05, 3.63) is 84.6 Å². The van der Waals surface area contributed by atoms with Gasteiger partial charge < -0.3 is 9.72 Å². The van der Waals surface area contributed by atoms with Gasteiger partial charge >= 0.3 is 0 Å². The average molecular weight is 317 g/mol. The number of aromatic nitrogens is 4. The van der Waals surface area contributed by atoms with Crippen LogP contribution in [0.3, 0.4) is 0 Å². The van der Waals surface area contributed by atoms with Crippen LogP contribution in [0, 0.1) is 0 Å². The smallest absolute Gasteiger partial charge is 0.272 e. The molecule has 1 amide bonds. The van der Waals surface area contributed by atoms with Crippen LogP contribution in [-0.2, 0) is 6.54 Å². The molecule has 0 saturated carbocycles. The van der Waals surface area contributed by atoms with Crippen molar-refractivity contribution in [2.24, 2.45) is 0 Å². The predicted octanol–water partition coefficient (Wildman–Crippen LogP) is 2.45. The van der Waals surface area contributed by atoms with Gasteiger partial charge in [0.25, 0.3) is 5.91 Å². The van der Waals surface area contributed by atoms with Crippen molar-refractivity contribution in [1.29, 1.82) is 0 Å². The second-order valence-corrected chi connectivity index (χ2v) is 5.39. The van der Waals surface area contributed by atoms with Gasteiger partial charge in [0.2, 0.25) is 0 Å². The number of amides is 1. The normalized spacial score (nSPS) is 10.8. The molecule has 3 heterocycles. The highest BCUT2D eigenvalue weighted by Gasteiger charge is 2.10. The third-order valence-electron chi connectivity index (χ3n) is 3.76. The molecule has 0 aliphatic heterocycles. The number of rotatable bonds is 4. The number of carbonyl (C=O) groups excluding carboxylic acids is 1. The highest BCUT2D eigenvalue weighted by atomic mass is 16.1. The Morgan fingerprint density at radius 1 is 1.04 bits per heavy atom. The highest BCUT2D eigenvalue weighted by molar-refractivity contribution is 5.92. The number of nitrogens with one attached hydrogen (secondary N) is 1. The van der Waals surface area contributed by atoms with Crippen molar-refractivity contribution in [1.82, 2.24) is 24.5 Å². The quantitative estimate of drug-likeness (QED) is 0.629. The Bertz CT molecular complexity index is 987. The SMILES string of the molecule is O=C(NCc1ccn2ccnc2c1)c1ccn(-c2ccccc2)n1. The topological polar surface area (TPSA) is 64.2 Å². The number of nitrogens with zero attached hydrogens (tertiary/aromatic N) is 4. The summed E-state index contributed by atoms with van der Waals surface area (Å²) in [7, 11) is 0. The van der Waals surface area contributed by atoms with Crippen molar-refractivity contribution in [2.45, 2.75) is 6.54 Å². The van der Waals surface area contributed by atoms with Gasteiger partial charge in [0.05, 0.1) is 5.69 Å². The summed E-state index contributed by atoms with van der Waals surface area (Å²) in [6.45, 7) is 0.431. The first-order chi connectivity index (χ1) is 11.8. The standard InChI is InChI=1S/C18H15N5O/c24-18(16-7-10-23(21-16)15-4-2-1-3-5-15)20-13-14-6-9-22-11-8-19-17(22)12-14/h1-12H,13H2,(H,20,24). The number of pyridine rings is 1. The first kappa shape index (κ1) is 14.2. The number of para-hydroxylation sites is 1. The second-order valence-electron chi connectivity index (χ2n) is 5.39. The Balaban J connectivity index is 1.45. The van der Waals surface area contributed by atoms with Crippen LogP contribution in [0.4, 0.5) is 0 Å². The number of imidazole rings is 1. The zero-order chi connectivity index (χ0) is 16.4. The molecule has 24 heavy (non-hydrogen) atoms. The molecule has 0 fully saturated rings. The Hall–Kier alpha value is -3.41. The molecule has 0 aliphatic rings. The third-order valence-corrected chi connectivity index (χ3v) is 3.76. The largest absolute Gasteiger partial charge is 0.347 e. The second kappa shape index (κ2) is 6.00. The lowest BCUT2D eigenvalue weighted by molar-refractivity contribution is 0.0945. The lowest BCUT2D eigenvalue weighted by Gasteiger charge is -2.04. The van der Waals surface area contributed by atoms with E-state index in [2.05, 4.69) is 15.4 Å². The molecule has 1 aromatic carbocycles. The van der Waals surface area contributed by atoms with Gasteiger partial charge in [-0.25, -0.2) is 9.67 Å². The third kappa shape index (κ3) is 2.77. The van der Waals surface area contributed by atoms with Gasteiger partial charge in [-0.2, -0.15) is 5.10 Å². The summed E-state index contributed by atoms with van der Waals surface area (Å²) in [5.74, 6) is -0.201. The van der Waals surface area contributed by atoms with E-state index >= 15 is 0 Å². The maximum Gasteiger partial charge on any atom is 0.272 e. The Labute approximate surface area is 138 Å². The molecule has 0 spiro atoms. The summed E-state index contributed by atoms with van der Waals surface area (Å²) in [5, 5.41) is 7.21. The van der Waals surface area contributed by atoms with Crippen LogP contribution >= 0.6 is 0 Å². The zero-order valence-corrected chi connectivity index (χ0v) is 12.8. The van der Waals surface area contributed by atoms with E-state index in [0.717, 1.165) is 16.9 Å². The predicted molar refractivity (Wildman–Crippen MR) is 89.9 cm³/mol. The lowest BCUT2D eigenvalue weighted by Crippen LogP contribution is -2.23. The molecular weight excluding hydrogens is 302 g/mol. The van der Waals surface area contributed by atoms with Crippen molar-refractivity contribution in [3.63, 3.8) is 0 Å². The summed E-state index contributed by atoms with van der Waals surface area (Å²) < 4.78 is 3.61. The minimum Gasteiger partial charge on any atom is -0.347 e. The molecule has 1 N–H and O–H groups in total. The van der Waals surface area contributed by atoms with Gasteiger partial charge in [0.1, 0.15) is 5.65 Å². The summed E-state index contributed by atoms with van der Waals surface area (Å²) in [6.07, 6.45) is 7.33. The van der Waals surface area contributed by atoms with E-state index in [-0.39, 0.29) is 5.91 Å². The van der Waals surface area contributed by atoms with Crippen LogP contribution in [-0.4, -0.2) is 25.1 Å². The van der Waals surface area contributed by atoms with Crippen LogP contribution < -0.4 is 5.32 Å². The average Bonchev–Trinajstić information content (AvgIpc) is 3.29.